The Balaban J connectivity index is 0.000000354. The number of rotatable bonds is 3. The summed E-state index contributed by atoms with van der Waals surface area (Å²) in [7, 11) is 0. The summed E-state index contributed by atoms with van der Waals surface area (Å²) in [6, 6.07) is 10.7. The summed E-state index contributed by atoms with van der Waals surface area (Å²) in [4.78, 5) is 4.63. The van der Waals surface area contributed by atoms with Gasteiger partial charge >= 0.3 is 0 Å². The van der Waals surface area contributed by atoms with E-state index in [4.69, 9.17) is 13.3 Å². The van der Waals surface area contributed by atoms with Crippen LogP contribution in [0.1, 0.15) is 61.7 Å². The lowest BCUT2D eigenvalue weighted by atomic mass is 10.0. The fourth-order valence-corrected chi connectivity index (χ4v) is 3.26. The van der Waals surface area contributed by atoms with Crippen molar-refractivity contribution in [2.75, 3.05) is 0 Å². The van der Waals surface area contributed by atoms with E-state index in [1.807, 2.05) is 0 Å². The van der Waals surface area contributed by atoms with Crippen molar-refractivity contribution in [3.8, 4) is 0 Å². The molecule has 1 heterocycles. The van der Waals surface area contributed by atoms with Gasteiger partial charge in [-0.3, -0.25) is 9.35 Å². The summed E-state index contributed by atoms with van der Waals surface area (Å²) in [5.74, 6) is 3.19. The zero-order chi connectivity index (χ0) is 16.6. The third-order valence-corrected chi connectivity index (χ3v) is 4.65. The minimum absolute atomic E-state index is 0.217. The van der Waals surface area contributed by atoms with Crippen LogP contribution in [0.25, 0.3) is 0 Å². The van der Waals surface area contributed by atoms with E-state index in [2.05, 4.69) is 59.5 Å². The van der Waals surface area contributed by atoms with Gasteiger partial charge in [-0.05, 0) is 23.8 Å². The zero-order valence-corrected chi connectivity index (χ0v) is 14.0. The topological polar surface area (TPSA) is 105 Å². The van der Waals surface area contributed by atoms with Gasteiger partial charge in [-0.25, -0.2) is 0 Å². The van der Waals surface area contributed by atoms with E-state index < -0.39 is 11.3 Å². The second-order valence-corrected chi connectivity index (χ2v) is 7.23. The molecular weight excluding hydrogens is 314 g/mol. The molecule has 2 aliphatic rings. The maximum atomic E-state index is 8.78. The van der Waals surface area contributed by atoms with Crippen LogP contribution in [-0.2, 0) is 11.3 Å². The summed E-state index contributed by atoms with van der Waals surface area (Å²) in [6.07, 6.45) is 2.43. The molecule has 0 radical (unpaired) electrons. The number of aromatic nitrogens is 2. The van der Waals surface area contributed by atoms with Crippen molar-refractivity contribution in [2.24, 2.45) is 10.6 Å². The molecule has 0 saturated heterocycles. The average molecular weight is 334 g/mol. The molecule has 1 aromatic carbocycles. The Labute approximate surface area is 137 Å². The Morgan fingerprint density at radius 3 is 2.43 bits per heavy atom. The predicted octanol–water partition coefficient (Wildman–Crippen LogP) is 2.59. The van der Waals surface area contributed by atoms with Crippen molar-refractivity contribution in [1.29, 1.82) is 0 Å². The molecule has 23 heavy (non-hydrogen) atoms. The highest BCUT2D eigenvalue weighted by molar-refractivity contribution is 7.76. The first-order chi connectivity index (χ1) is 10.9. The zero-order valence-electron chi connectivity index (χ0n) is 13.1. The van der Waals surface area contributed by atoms with Crippen LogP contribution in [0.4, 0.5) is 0 Å². The SMILES string of the molecule is CC1(C)[C@@H](c2ccccc2)[C@@H]1c1nc(C2CC2)no1.NS(=O)[O-]. The number of hydrogen-bond acceptors (Lipinski definition) is 5. The van der Waals surface area contributed by atoms with E-state index >= 15 is 0 Å². The second kappa shape index (κ2) is 6.14. The quantitative estimate of drug-likeness (QED) is 0.869. The van der Waals surface area contributed by atoms with Gasteiger partial charge in [-0.1, -0.05) is 49.3 Å². The highest BCUT2D eigenvalue weighted by atomic mass is 32.2. The summed E-state index contributed by atoms with van der Waals surface area (Å²) in [5, 5.41) is 8.17. The van der Waals surface area contributed by atoms with Crippen LogP contribution in [0, 0.1) is 5.41 Å². The summed E-state index contributed by atoms with van der Waals surface area (Å²) in [6.45, 7) is 4.58. The number of hydrogen-bond donors (Lipinski definition) is 1. The smallest absolute Gasteiger partial charge is 0.230 e. The molecule has 2 aliphatic carbocycles. The minimum Gasteiger partial charge on any atom is -0.760 e. The lowest BCUT2D eigenvalue weighted by molar-refractivity contribution is 0.363. The summed E-state index contributed by atoms with van der Waals surface area (Å²) >= 11 is -2.36. The van der Waals surface area contributed by atoms with Gasteiger partial charge in [0.25, 0.3) is 0 Å². The van der Waals surface area contributed by atoms with Crippen LogP contribution in [-0.4, -0.2) is 18.9 Å². The van der Waals surface area contributed by atoms with Gasteiger partial charge < -0.3 is 9.08 Å². The fraction of sp³-hybridized carbons (Fsp3) is 0.500. The van der Waals surface area contributed by atoms with Crippen LogP contribution in [0.15, 0.2) is 34.9 Å². The first-order valence-electron chi connectivity index (χ1n) is 7.63. The van der Waals surface area contributed by atoms with Crippen molar-refractivity contribution >= 4 is 11.3 Å². The van der Waals surface area contributed by atoms with Gasteiger partial charge in [0.05, 0.1) is 5.92 Å². The molecule has 6 nitrogen and oxygen atoms in total. The van der Waals surface area contributed by atoms with Crippen molar-refractivity contribution in [3.63, 3.8) is 0 Å². The average Bonchev–Trinajstić information content (AvgIpc) is 3.37. The van der Waals surface area contributed by atoms with Gasteiger partial charge in [0, 0.05) is 23.1 Å². The van der Waals surface area contributed by atoms with Crippen LogP contribution in [0.2, 0.25) is 0 Å². The normalized spacial score (nSPS) is 26.1. The van der Waals surface area contributed by atoms with Gasteiger partial charge in [-0.2, -0.15) is 4.98 Å². The van der Waals surface area contributed by atoms with Crippen molar-refractivity contribution < 1.29 is 13.3 Å². The number of benzene rings is 1. The van der Waals surface area contributed by atoms with Crippen LogP contribution < -0.4 is 5.14 Å². The van der Waals surface area contributed by atoms with Gasteiger partial charge in [0.15, 0.2) is 5.82 Å². The van der Waals surface area contributed by atoms with E-state index in [-0.39, 0.29) is 5.41 Å². The molecule has 0 spiro atoms. The second-order valence-electron chi connectivity index (χ2n) is 6.71. The molecule has 0 bridgehead atoms. The maximum Gasteiger partial charge on any atom is 0.230 e. The van der Waals surface area contributed by atoms with E-state index in [1.165, 1.54) is 18.4 Å². The van der Waals surface area contributed by atoms with Crippen molar-refractivity contribution in [2.45, 2.75) is 44.4 Å². The maximum absolute atomic E-state index is 8.78. The Morgan fingerprint density at radius 1 is 1.26 bits per heavy atom. The lowest BCUT2D eigenvalue weighted by Crippen LogP contribution is -1.97. The first kappa shape index (κ1) is 16.3. The highest BCUT2D eigenvalue weighted by Gasteiger charge is 2.62. The number of nitrogens with two attached hydrogens (primary N) is 1. The molecule has 2 saturated carbocycles. The molecule has 0 amide bonds. The molecule has 124 valence electrons. The minimum atomic E-state index is -2.36. The van der Waals surface area contributed by atoms with Gasteiger partial charge in [0.2, 0.25) is 5.89 Å². The molecule has 2 aromatic rings. The van der Waals surface area contributed by atoms with Gasteiger partial charge in [-0.15, -0.1) is 0 Å². The molecule has 3 atom stereocenters. The van der Waals surface area contributed by atoms with E-state index in [0.717, 1.165) is 11.7 Å². The third kappa shape index (κ3) is 3.52. The Hall–Kier alpha value is -1.57. The van der Waals surface area contributed by atoms with Crippen LogP contribution in [0.5, 0.6) is 0 Å². The first-order valence-corrected chi connectivity index (χ1v) is 8.77. The Bertz CT molecular complexity index is 694. The van der Waals surface area contributed by atoms with E-state index in [1.54, 1.807) is 0 Å². The molecule has 2 fully saturated rings. The van der Waals surface area contributed by atoms with E-state index in [0.29, 0.717) is 17.8 Å². The Kier molecular flexibility index (Phi) is 4.35. The van der Waals surface area contributed by atoms with Crippen LogP contribution in [0.3, 0.4) is 0 Å². The van der Waals surface area contributed by atoms with Gasteiger partial charge in [0.1, 0.15) is 0 Å². The molecule has 4 rings (SSSR count). The summed E-state index contributed by atoms with van der Waals surface area (Å²) < 4.78 is 23.1. The summed E-state index contributed by atoms with van der Waals surface area (Å²) in [5.41, 5.74) is 1.60. The number of nitrogens with zero attached hydrogens (tertiary/aromatic N) is 2. The highest BCUT2D eigenvalue weighted by Crippen LogP contribution is 2.69. The Morgan fingerprint density at radius 2 is 1.87 bits per heavy atom. The molecule has 1 aromatic heterocycles. The molecular formula is C16H20N3O3S-. The third-order valence-electron chi connectivity index (χ3n) is 4.65. The van der Waals surface area contributed by atoms with Crippen molar-refractivity contribution in [1.82, 2.24) is 10.1 Å². The standard InChI is InChI=1S/C16H18N2O.H3NO2S/c1-16(2)12(10-6-4-3-5-7-10)13(16)15-17-14(18-19-15)11-8-9-11;1-4(2)3/h3-7,11-13H,8-9H2,1-2H3;1H2,(H,2,3)/p-1/t12-,13+;/m0./s1. The molecule has 7 heteroatoms. The molecule has 0 aliphatic heterocycles. The largest absolute Gasteiger partial charge is 0.760 e. The predicted molar refractivity (Wildman–Crippen MR) is 85.1 cm³/mol. The molecule has 1 unspecified atom stereocenters. The van der Waals surface area contributed by atoms with Crippen LogP contribution >= 0.6 is 0 Å². The fourth-order valence-electron chi connectivity index (χ4n) is 3.26. The lowest BCUT2D eigenvalue weighted by Gasteiger charge is -2.01. The molecule has 2 N–H and O–H groups in total. The van der Waals surface area contributed by atoms with E-state index in [9.17, 15) is 0 Å². The monoisotopic (exact) mass is 334 g/mol. The van der Waals surface area contributed by atoms with Crippen molar-refractivity contribution in [3.05, 3.63) is 47.6 Å².